The second kappa shape index (κ2) is 8.22. The third kappa shape index (κ3) is 3.68. The number of hydrogen-bond acceptors (Lipinski definition) is 7. The molecule has 1 amide bonds. The van der Waals surface area contributed by atoms with Gasteiger partial charge in [0.25, 0.3) is 5.78 Å². The minimum atomic E-state index is -0.949. The summed E-state index contributed by atoms with van der Waals surface area (Å²) >= 11 is 1.30. The van der Waals surface area contributed by atoms with Gasteiger partial charge in [-0.3, -0.25) is 14.5 Å². The number of rotatable bonds is 5. The maximum Gasteiger partial charge on any atom is 0.302 e. The number of Topliss-reactive ketones (excluding diaryl/α,β-unsaturated/α-hetero) is 1. The number of amides is 1. The van der Waals surface area contributed by atoms with Gasteiger partial charge in [0.2, 0.25) is 0 Å². The number of furan rings is 1. The quantitative estimate of drug-likeness (QED) is 0.247. The predicted molar refractivity (Wildman–Crippen MR) is 125 cm³/mol. The van der Waals surface area contributed by atoms with Gasteiger partial charge in [-0.05, 0) is 50.2 Å². The highest BCUT2D eigenvalue weighted by Gasteiger charge is 2.49. The van der Waals surface area contributed by atoms with Crippen molar-refractivity contribution in [3.8, 4) is 5.75 Å². The largest absolute Gasteiger partial charge is 0.507 e. The summed E-state index contributed by atoms with van der Waals surface area (Å²) in [7, 11) is 0. The molecule has 166 valence electrons. The number of aliphatic hydroxyl groups excluding tert-OH is 1. The molecule has 8 heteroatoms. The number of fused-ring (bicyclic) bond motifs is 1. The highest BCUT2D eigenvalue weighted by molar-refractivity contribution is 7.22. The minimum absolute atomic E-state index is 0.0593. The zero-order valence-electron chi connectivity index (χ0n) is 17.9. The summed E-state index contributed by atoms with van der Waals surface area (Å²) in [5.41, 5.74) is 1.03. The van der Waals surface area contributed by atoms with Crippen LogP contribution in [0.5, 0.6) is 5.75 Å². The lowest BCUT2D eigenvalue weighted by molar-refractivity contribution is -0.132. The first-order valence-corrected chi connectivity index (χ1v) is 11.2. The van der Waals surface area contributed by atoms with E-state index in [0.29, 0.717) is 22.2 Å². The number of carbonyl (C=O) groups excluding carboxylic acids is 2. The lowest BCUT2D eigenvalue weighted by Crippen LogP contribution is -2.29. The topological polar surface area (TPSA) is 92.9 Å². The van der Waals surface area contributed by atoms with E-state index < -0.39 is 17.7 Å². The Bertz CT molecular complexity index is 1350. The molecule has 2 aromatic heterocycles. The molecule has 7 nitrogen and oxygen atoms in total. The number of benzene rings is 2. The number of para-hydroxylation sites is 1. The summed E-state index contributed by atoms with van der Waals surface area (Å²) in [5, 5.41) is 11.6. The van der Waals surface area contributed by atoms with E-state index in [2.05, 4.69) is 4.98 Å². The van der Waals surface area contributed by atoms with Crippen LogP contribution >= 0.6 is 11.3 Å². The number of thiazole rings is 1. The summed E-state index contributed by atoms with van der Waals surface area (Å²) in [5.74, 6) is -0.976. The number of aromatic nitrogens is 1. The fourth-order valence-electron chi connectivity index (χ4n) is 3.85. The lowest BCUT2D eigenvalue weighted by Gasteiger charge is -2.20. The molecule has 0 radical (unpaired) electrons. The van der Waals surface area contributed by atoms with Crippen molar-refractivity contribution in [3.05, 3.63) is 83.8 Å². The molecule has 33 heavy (non-hydrogen) atoms. The van der Waals surface area contributed by atoms with Crippen LogP contribution in [0.3, 0.4) is 0 Å². The Kier molecular flexibility index (Phi) is 5.22. The lowest BCUT2D eigenvalue weighted by atomic mass is 9.99. The molecule has 0 aliphatic carbocycles. The van der Waals surface area contributed by atoms with Gasteiger partial charge in [0.15, 0.2) is 5.13 Å². The molecule has 0 saturated carbocycles. The Morgan fingerprint density at radius 2 is 1.94 bits per heavy atom. The van der Waals surface area contributed by atoms with Crippen molar-refractivity contribution in [2.24, 2.45) is 0 Å². The highest BCUT2D eigenvalue weighted by atomic mass is 32.1. The molecular formula is C25H20N2O5S. The van der Waals surface area contributed by atoms with Gasteiger partial charge in [0.1, 0.15) is 23.3 Å². The van der Waals surface area contributed by atoms with Crippen molar-refractivity contribution in [2.45, 2.75) is 26.0 Å². The van der Waals surface area contributed by atoms with Gasteiger partial charge >= 0.3 is 5.91 Å². The predicted octanol–water partition coefficient (Wildman–Crippen LogP) is 5.30. The number of aliphatic hydroxyl groups is 1. The zero-order chi connectivity index (χ0) is 23.1. The van der Waals surface area contributed by atoms with Gasteiger partial charge in [0, 0.05) is 5.56 Å². The van der Waals surface area contributed by atoms with Gasteiger partial charge in [-0.2, -0.15) is 0 Å². The first-order chi connectivity index (χ1) is 15.9. The fraction of sp³-hybridized carbons (Fsp3) is 0.160. The maximum absolute atomic E-state index is 13.2. The number of ether oxygens (including phenoxy) is 1. The third-order valence-electron chi connectivity index (χ3n) is 5.23. The average molecular weight is 461 g/mol. The Hall–Kier alpha value is -3.91. The van der Waals surface area contributed by atoms with Crippen molar-refractivity contribution >= 4 is 44.1 Å². The minimum Gasteiger partial charge on any atom is -0.507 e. The maximum atomic E-state index is 13.2. The number of hydrogen-bond donors (Lipinski definition) is 1. The first kappa shape index (κ1) is 21.0. The van der Waals surface area contributed by atoms with Crippen LogP contribution in [0.2, 0.25) is 0 Å². The van der Waals surface area contributed by atoms with E-state index >= 15 is 0 Å². The summed E-state index contributed by atoms with van der Waals surface area (Å²) in [6.45, 7) is 3.79. The summed E-state index contributed by atoms with van der Waals surface area (Å²) in [6, 6.07) is 16.7. The number of anilines is 1. The number of carbonyl (C=O) groups is 2. The molecule has 4 aromatic rings. The molecule has 0 spiro atoms. The normalized spacial score (nSPS) is 17.9. The van der Waals surface area contributed by atoms with Crippen LogP contribution in [-0.2, 0) is 9.59 Å². The Labute approximate surface area is 193 Å². The van der Waals surface area contributed by atoms with Crippen LogP contribution in [0.1, 0.15) is 31.2 Å². The zero-order valence-corrected chi connectivity index (χ0v) is 18.7. The summed E-state index contributed by atoms with van der Waals surface area (Å²) in [6.07, 6.45) is 1.40. The second-order valence-electron chi connectivity index (χ2n) is 7.84. The molecule has 2 aromatic carbocycles. The first-order valence-electron chi connectivity index (χ1n) is 10.4. The molecule has 0 bridgehead atoms. The van der Waals surface area contributed by atoms with Gasteiger partial charge in [-0.15, -0.1) is 0 Å². The summed E-state index contributed by atoms with van der Waals surface area (Å²) < 4.78 is 12.2. The van der Waals surface area contributed by atoms with Gasteiger partial charge in [-0.25, -0.2) is 4.98 Å². The molecule has 1 unspecified atom stereocenters. The van der Waals surface area contributed by atoms with Crippen molar-refractivity contribution < 1.29 is 23.8 Å². The Morgan fingerprint density at radius 1 is 1.12 bits per heavy atom. The Morgan fingerprint density at radius 3 is 2.67 bits per heavy atom. The van der Waals surface area contributed by atoms with Gasteiger partial charge in [-0.1, -0.05) is 35.6 Å². The fourth-order valence-corrected chi connectivity index (χ4v) is 4.85. The van der Waals surface area contributed by atoms with E-state index in [1.54, 1.807) is 36.4 Å². The van der Waals surface area contributed by atoms with E-state index in [1.165, 1.54) is 22.5 Å². The van der Waals surface area contributed by atoms with Crippen molar-refractivity contribution in [1.29, 1.82) is 0 Å². The van der Waals surface area contributed by atoms with E-state index in [-0.39, 0.29) is 17.4 Å². The third-order valence-corrected chi connectivity index (χ3v) is 6.26. The molecule has 1 aliphatic heterocycles. The molecular weight excluding hydrogens is 440 g/mol. The standard InChI is InChI=1S/C25H20N2O5S/c1-14(2)32-16-8-5-7-15(13-16)22(28)20-21(18-10-6-12-31-18)27(24(30)23(20)29)25-26-17-9-3-4-11-19(17)33-25/h3-14,21,28H,1-2H3/b22-20+. The molecule has 1 N–H and O–H groups in total. The number of nitrogens with zero attached hydrogens (tertiary/aromatic N) is 2. The van der Waals surface area contributed by atoms with E-state index in [4.69, 9.17) is 9.15 Å². The van der Waals surface area contributed by atoms with Gasteiger partial charge in [0.05, 0.1) is 28.2 Å². The van der Waals surface area contributed by atoms with E-state index in [1.807, 2.05) is 38.1 Å². The Balaban J connectivity index is 1.67. The van der Waals surface area contributed by atoms with Crippen LogP contribution in [0.25, 0.3) is 16.0 Å². The SMILES string of the molecule is CC(C)Oc1cccc(/C(O)=C2\C(=O)C(=O)N(c3nc4ccccc4s3)C2c2ccco2)c1. The van der Waals surface area contributed by atoms with E-state index in [9.17, 15) is 14.7 Å². The van der Waals surface area contributed by atoms with Crippen LogP contribution in [0, 0.1) is 0 Å². The summed E-state index contributed by atoms with van der Waals surface area (Å²) in [4.78, 5) is 32.2. The molecule has 1 atom stereocenters. The van der Waals surface area contributed by atoms with Crippen molar-refractivity contribution in [3.63, 3.8) is 0 Å². The van der Waals surface area contributed by atoms with Crippen molar-refractivity contribution in [1.82, 2.24) is 4.98 Å². The van der Waals surface area contributed by atoms with E-state index in [0.717, 1.165) is 10.2 Å². The molecule has 1 fully saturated rings. The molecule has 1 aliphatic rings. The second-order valence-corrected chi connectivity index (χ2v) is 8.85. The average Bonchev–Trinajstić information content (AvgIpc) is 3.52. The molecule has 1 saturated heterocycles. The van der Waals surface area contributed by atoms with Gasteiger partial charge < -0.3 is 14.3 Å². The molecule has 5 rings (SSSR count). The molecule has 3 heterocycles. The van der Waals surface area contributed by atoms with Crippen LogP contribution in [0.15, 0.2) is 76.9 Å². The van der Waals surface area contributed by atoms with Crippen molar-refractivity contribution in [2.75, 3.05) is 4.90 Å². The van der Waals surface area contributed by atoms with Crippen LogP contribution in [-0.4, -0.2) is 27.9 Å². The number of ketones is 1. The van der Waals surface area contributed by atoms with Crippen LogP contribution in [0.4, 0.5) is 5.13 Å². The van der Waals surface area contributed by atoms with Crippen LogP contribution < -0.4 is 9.64 Å². The monoisotopic (exact) mass is 460 g/mol. The highest BCUT2D eigenvalue weighted by Crippen LogP contribution is 2.44. The smallest absolute Gasteiger partial charge is 0.302 e.